The van der Waals surface area contributed by atoms with Gasteiger partial charge in [0, 0.05) is 36.3 Å². The molecular weight excluding hydrogens is 312 g/mol. The molecule has 6 heteroatoms. The molecule has 0 saturated carbocycles. The van der Waals surface area contributed by atoms with Crippen molar-refractivity contribution in [2.24, 2.45) is 11.8 Å². The predicted molar refractivity (Wildman–Crippen MR) is 91.6 cm³/mol. The van der Waals surface area contributed by atoms with E-state index in [0.717, 1.165) is 11.8 Å². The lowest BCUT2D eigenvalue weighted by Gasteiger charge is -2.19. The fourth-order valence-corrected chi connectivity index (χ4v) is 4.13. The lowest BCUT2D eigenvalue weighted by atomic mass is 9.95. The van der Waals surface area contributed by atoms with Crippen LogP contribution in [-0.4, -0.2) is 31.7 Å². The van der Waals surface area contributed by atoms with Crippen molar-refractivity contribution in [1.82, 2.24) is 9.71 Å². The fraction of sp³-hybridized carbons (Fsp3) is 0.471. The van der Waals surface area contributed by atoms with Gasteiger partial charge in [0.1, 0.15) is 0 Å². The standard InChI is InChI=1S/C17H24N2O3S/c1-13(2)10-14(7-9-20)11-19-23(21,22)17-5-3-4-15-12-18-8-6-16(15)17/h3-6,8,12-14,19-20H,7,9-11H2,1-2H3. The van der Waals surface area contributed by atoms with Crippen LogP contribution in [0.4, 0.5) is 0 Å². The van der Waals surface area contributed by atoms with Crippen molar-refractivity contribution in [1.29, 1.82) is 0 Å². The first-order chi connectivity index (χ1) is 10.9. The highest BCUT2D eigenvalue weighted by molar-refractivity contribution is 7.89. The number of hydrogen-bond acceptors (Lipinski definition) is 4. The normalized spacial score (nSPS) is 13.6. The average Bonchev–Trinajstić information content (AvgIpc) is 2.52. The summed E-state index contributed by atoms with van der Waals surface area (Å²) in [6.45, 7) is 4.59. The summed E-state index contributed by atoms with van der Waals surface area (Å²) in [7, 11) is -3.60. The number of benzene rings is 1. The smallest absolute Gasteiger partial charge is 0.241 e. The summed E-state index contributed by atoms with van der Waals surface area (Å²) < 4.78 is 28.0. The van der Waals surface area contributed by atoms with E-state index in [0.29, 0.717) is 24.3 Å². The number of nitrogens with one attached hydrogen (secondary N) is 1. The third-order valence-corrected chi connectivity index (χ3v) is 5.32. The van der Waals surface area contributed by atoms with Gasteiger partial charge in [-0.2, -0.15) is 0 Å². The van der Waals surface area contributed by atoms with E-state index in [4.69, 9.17) is 5.11 Å². The number of nitrogens with zero attached hydrogens (tertiary/aromatic N) is 1. The average molecular weight is 336 g/mol. The first kappa shape index (κ1) is 17.8. The van der Waals surface area contributed by atoms with Crippen LogP contribution in [0.3, 0.4) is 0 Å². The first-order valence-electron chi connectivity index (χ1n) is 7.87. The van der Waals surface area contributed by atoms with Gasteiger partial charge in [0.05, 0.1) is 4.90 Å². The third kappa shape index (κ3) is 4.73. The first-order valence-corrected chi connectivity index (χ1v) is 9.35. The number of pyridine rings is 1. The Balaban J connectivity index is 2.20. The molecule has 0 spiro atoms. The highest BCUT2D eigenvalue weighted by Gasteiger charge is 2.19. The van der Waals surface area contributed by atoms with Gasteiger partial charge in [-0.05, 0) is 36.8 Å². The van der Waals surface area contributed by atoms with Crippen LogP contribution in [0.25, 0.3) is 10.8 Å². The summed E-state index contributed by atoms with van der Waals surface area (Å²) >= 11 is 0. The second-order valence-electron chi connectivity index (χ2n) is 6.21. The van der Waals surface area contributed by atoms with Crippen molar-refractivity contribution in [2.45, 2.75) is 31.6 Å². The summed E-state index contributed by atoms with van der Waals surface area (Å²) in [6, 6.07) is 6.88. The summed E-state index contributed by atoms with van der Waals surface area (Å²) in [5, 5.41) is 10.6. The maximum absolute atomic E-state index is 12.6. The van der Waals surface area contributed by atoms with Crippen LogP contribution < -0.4 is 4.72 Å². The zero-order valence-corrected chi connectivity index (χ0v) is 14.4. The number of rotatable bonds is 8. The van der Waals surface area contributed by atoms with Crippen LogP contribution >= 0.6 is 0 Å². The van der Waals surface area contributed by atoms with E-state index < -0.39 is 10.0 Å². The maximum atomic E-state index is 12.6. The number of aromatic nitrogens is 1. The lowest BCUT2D eigenvalue weighted by molar-refractivity contribution is 0.243. The molecule has 0 saturated heterocycles. The molecule has 1 aromatic heterocycles. The van der Waals surface area contributed by atoms with E-state index in [1.807, 2.05) is 6.07 Å². The van der Waals surface area contributed by atoms with Gasteiger partial charge in [-0.1, -0.05) is 26.0 Å². The molecule has 5 nitrogen and oxygen atoms in total. The van der Waals surface area contributed by atoms with E-state index >= 15 is 0 Å². The second-order valence-corrected chi connectivity index (χ2v) is 7.95. The van der Waals surface area contributed by atoms with Crippen LogP contribution in [0.2, 0.25) is 0 Å². The van der Waals surface area contributed by atoms with E-state index in [1.54, 1.807) is 30.6 Å². The van der Waals surface area contributed by atoms with Gasteiger partial charge in [-0.25, -0.2) is 13.1 Å². The van der Waals surface area contributed by atoms with Crippen molar-refractivity contribution in [3.05, 3.63) is 36.7 Å². The van der Waals surface area contributed by atoms with Crippen LogP contribution in [0, 0.1) is 11.8 Å². The quantitative estimate of drug-likeness (QED) is 0.776. The molecule has 1 atom stereocenters. The van der Waals surface area contributed by atoms with E-state index in [9.17, 15) is 8.42 Å². The largest absolute Gasteiger partial charge is 0.396 e. The van der Waals surface area contributed by atoms with Crippen LogP contribution in [0.1, 0.15) is 26.7 Å². The zero-order valence-electron chi connectivity index (χ0n) is 13.6. The molecule has 0 aliphatic carbocycles. The zero-order chi connectivity index (χ0) is 16.9. The lowest BCUT2D eigenvalue weighted by Crippen LogP contribution is -2.30. The van der Waals surface area contributed by atoms with E-state index in [-0.39, 0.29) is 17.4 Å². The Morgan fingerprint density at radius 2 is 2.04 bits per heavy atom. The molecule has 1 unspecified atom stereocenters. The van der Waals surface area contributed by atoms with E-state index in [2.05, 4.69) is 23.6 Å². The topological polar surface area (TPSA) is 79.3 Å². The van der Waals surface area contributed by atoms with Crippen molar-refractivity contribution >= 4 is 20.8 Å². The molecule has 0 amide bonds. The monoisotopic (exact) mass is 336 g/mol. The molecular formula is C17H24N2O3S. The van der Waals surface area contributed by atoms with Gasteiger partial charge in [-0.3, -0.25) is 4.98 Å². The van der Waals surface area contributed by atoms with Crippen LogP contribution in [-0.2, 0) is 10.0 Å². The van der Waals surface area contributed by atoms with Gasteiger partial charge in [0.2, 0.25) is 10.0 Å². The minimum Gasteiger partial charge on any atom is -0.396 e. The summed E-state index contributed by atoms with van der Waals surface area (Å²) in [6.07, 6.45) is 4.72. The summed E-state index contributed by atoms with van der Waals surface area (Å²) in [5.74, 6) is 0.589. The molecule has 1 aromatic carbocycles. The van der Waals surface area contributed by atoms with Gasteiger partial charge in [-0.15, -0.1) is 0 Å². The molecule has 0 aliphatic rings. The Kier molecular flexibility index (Phi) is 6.10. The van der Waals surface area contributed by atoms with Gasteiger partial charge >= 0.3 is 0 Å². The SMILES string of the molecule is CC(C)CC(CCO)CNS(=O)(=O)c1cccc2cnccc12. The number of fused-ring (bicyclic) bond motifs is 1. The van der Waals surface area contributed by atoms with Crippen molar-refractivity contribution in [3.8, 4) is 0 Å². The highest BCUT2D eigenvalue weighted by atomic mass is 32.2. The molecule has 2 rings (SSSR count). The summed E-state index contributed by atoms with van der Waals surface area (Å²) in [5.41, 5.74) is 0. The number of sulfonamides is 1. The number of aliphatic hydroxyl groups excluding tert-OH is 1. The Morgan fingerprint density at radius 1 is 1.26 bits per heavy atom. The second kappa shape index (κ2) is 7.86. The highest BCUT2D eigenvalue weighted by Crippen LogP contribution is 2.22. The molecule has 2 aromatic rings. The molecule has 126 valence electrons. The Hall–Kier alpha value is -1.50. The molecule has 0 radical (unpaired) electrons. The fourth-order valence-electron chi connectivity index (χ4n) is 2.78. The van der Waals surface area contributed by atoms with Gasteiger partial charge in [0.25, 0.3) is 0 Å². The summed E-state index contributed by atoms with van der Waals surface area (Å²) in [4.78, 5) is 4.29. The van der Waals surface area contributed by atoms with Gasteiger partial charge in [0.15, 0.2) is 0 Å². The maximum Gasteiger partial charge on any atom is 0.241 e. The number of hydrogen-bond donors (Lipinski definition) is 2. The molecule has 1 heterocycles. The van der Waals surface area contributed by atoms with E-state index in [1.165, 1.54) is 0 Å². The van der Waals surface area contributed by atoms with Crippen LogP contribution in [0.15, 0.2) is 41.6 Å². The van der Waals surface area contributed by atoms with Crippen molar-refractivity contribution < 1.29 is 13.5 Å². The van der Waals surface area contributed by atoms with Gasteiger partial charge < -0.3 is 5.11 Å². The molecule has 0 bridgehead atoms. The minimum absolute atomic E-state index is 0.0685. The molecule has 0 aliphatic heterocycles. The van der Waals surface area contributed by atoms with Crippen molar-refractivity contribution in [2.75, 3.05) is 13.2 Å². The minimum atomic E-state index is -3.60. The van der Waals surface area contributed by atoms with Crippen molar-refractivity contribution in [3.63, 3.8) is 0 Å². The Morgan fingerprint density at radius 3 is 2.74 bits per heavy atom. The van der Waals surface area contributed by atoms with Crippen LogP contribution in [0.5, 0.6) is 0 Å². The molecule has 23 heavy (non-hydrogen) atoms. The Labute approximate surface area is 137 Å². The predicted octanol–water partition coefficient (Wildman–Crippen LogP) is 2.56. The number of aliphatic hydroxyl groups is 1. The third-order valence-electron chi connectivity index (χ3n) is 3.83. The Bertz CT molecular complexity index is 739. The molecule has 2 N–H and O–H groups in total. The molecule has 0 fully saturated rings.